The van der Waals surface area contributed by atoms with Gasteiger partial charge in [-0.3, -0.25) is 14.5 Å². The van der Waals surface area contributed by atoms with Gasteiger partial charge in [0.2, 0.25) is 5.43 Å². The molecule has 2 aliphatic rings. The molecule has 0 spiro atoms. The molecule has 1 aromatic rings. The Morgan fingerprint density at radius 1 is 1.46 bits per heavy atom. The summed E-state index contributed by atoms with van der Waals surface area (Å²) in [5.74, 6) is 0.249. The van der Waals surface area contributed by atoms with Crippen molar-refractivity contribution in [1.29, 1.82) is 0 Å². The average molecular weight is 353 g/mol. The van der Waals surface area contributed by atoms with Gasteiger partial charge in [0.15, 0.2) is 0 Å². The molecule has 7 nitrogen and oxygen atoms in total. The maximum atomic E-state index is 12.0. The van der Waals surface area contributed by atoms with Gasteiger partial charge < -0.3 is 9.75 Å². The van der Waals surface area contributed by atoms with Crippen LogP contribution in [0.4, 0.5) is 0 Å². The zero-order valence-electron chi connectivity index (χ0n) is 14.8. The fourth-order valence-corrected chi connectivity index (χ4v) is 2.81. The molecule has 1 aromatic heterocycles. The van der Waals surface area contributed by atoms with E-state index in [-0.39, 0.29) is 35.9 Å². The summed E-state index contributed by atoms with van der Waals surface area (Å²) in [6.45, 7) is 4.91. The minimum Gasteiger partial charge on any atom is -0.470 e. The van der Waals surface area contributed by atoms with Gasteiger partial charge in [0.05, 0.1) is 12.1 Å². The molecule has 3 atom stereocenters. The second kappa shape index (κ2) is 8.42. The molecule has 2 aliphatic heterocycles. The van der Waals surface area contributed by atoms with Crippen LogP contribution in [0.5, 0.6) is 5.88 Å². The summed E-state index contributed by atoms with van der Waals surface area (Å²) in [6.07, 6.45) is 15.8. The SMILES string of the molecule is C=CC1N=CC=CC1/C=C/COc1nn(C2C=NN(C)CC2)ccc1=O. The van der Waals surface area contributed by atoms with E-state index in [9.17, 15) is 4.79 Å². The van der Waals surface area contributed by atoms with Crippen LogP contribution in [0.1, 0.15) is 12.5 Å². The van der Waals surface area contributed by atoms with Gasteiger partial charge in [-0.2, -0.15) is 5.10 Å². The quantitative estimate of drug-likeness (QED) is 0.732. The average Bonchev–Trinajstić information content (AvgIpc) is 2.67. The molecule has 3 rings (SSSR count). The monoisotopic (exact) mass is 353 g/mol. The van der Waals surface area contributed by atoms with Crippen molar-refractivity contribution in [3.05, 3.63) is 59.4 Å². The number of rotatable bonds is 6. The number of hydrogen-bond acceptors (Lipinski definition) is 6. The summed E-state index contributed by atoms with van der Waals surface area (Å²) in [7, 11) is 1.93. The minimum absolute atomic E-state index is 0.0308. The van der Waals surface area contributed by atoms with E-state index in [1.54, 1.807) is 17.1 Å². The highest BCUT2D eigenvalue weighted by atomic mass is 16.5. The van der Waals surface area contributed by atoms with Crippen LogP contribution in [0.3, 0.4) is 0 Å². The molecular formula is C19H23N5O2. The van der Waals surface area contributed by atoms with Crippen molar-refractivity contribution in [2.45, 2.75) is 18.5 Å². The molecule has 0 fully saturated rings. The summed E-state index contributed by atoms with van der Waals surface area (Å²) < 4.78 is 7.30. The first-order valence-corrected chi connectivity index (χ1v) is 8.64. The zero-order valence-corrected chi connectivity index (χ0v) is 14.8. The van der Waals surface area contributed by atoms with E-state index in [2.05, 4.69) is 27.8 Å². The van der Waals surface area contributed by atoms with Crippen LogP contribution in [0.25, 0.3) is 0 Å². The van der Waals surface area contributed by atoms with E-state index in [4.69, 9.17) is 4.74 Å². The number of nitrogens with zero attached hydrogens (tertiary/aromatic N) is 5. The molecule has 0 saturated carbocycles. The smallest absolute Gasteiger partial charge is 0.280 e. The van der Waals surface area contributed by atoms with Crippen molar-refractivity contribution in [1.82, 2.24) is 14.8 Å². The van der Waals surface area contributed by atoms with Crippen LogP contribution in [-0.2, 0) is 0 Å². The lowest BCUT2D eigenvalue weighted by atomic mass is 9.97. The standard InChI is InChI=1S/C19H23N5O2/c1-3-17-15(6-4-10-20-17)7-5-13-26-19-18(25)9-12-24(22-19)16-8-11-23(2)21-14-16/h3-7,9-10,12,14-17H,1,8,11,13H2,2H3/b7-5+. The Morgan fingerprint density at radius 2 is 2.35 bits per heavy atom. The second-order valence-corrected chi connectivity index (χ2v) is 6.19. The van der Waals surface area contributed by atoms with Gasteiger partial charge in [0.25, 0.3) is 5.88 Å². The van der Waals surface area contributed by atoms with E-state index >= 15 is 0 Å². The number of dihydropyridines is 1. The Morgan fingerprint density at radius 3 is 3.12 bits per heavy atom. The molecule has 0 aliphatic carbocycles. The summed E-state index contributed by atoms with van der Waals surface area (Å²) in [5, 5.41) is 10.5. The second-order valence-electron chi connectivity index (χ2n) is 6.19. The van der Waals surface area contributed by atoms with Gasteiger partial charge in [-0.15, -0.1) is 11.7 Å². The fraction of sp³-hybridized carbons (Fsp3) is 0.368. The number of ether oxygens (including phenoxy) is 1. The maximum Gasteiger partial charge on any atom is 0.280 e. The van der Waals surface area contributed by atoms with Crippen LogP contribution >= 0.6 is 0 Å². The molecule has 0 bridgehead atoms. The summed E-state index contributed by atoms with van der Waals surface area (Å²) in [5.41, 5.74) is -0.231. The molecular weight excluding hydrogens is 330 g/mol. The molecule has 0 radical (unpaired) electrons. The topological polar surface area (TPSA) is 72.1 Å². The van der Waals surface area contributed by atoms with E-state index < -0.39 is 0 Å². The summed E-state index contributed by atoms with van der Waals surface area (Å²) in [4.78, 5) is 16.3. The van der Waals surface area contributed by atoms with Crippen molar-refractivity contribution >= 4 is 12.4 Å². The molecule has 0 saturated heterocycles. The number of aliphatic imine (C=N–C) groups is 1. The molecule has 26 heavy (non-hydrogen) atoms. The predicted molar refractivity (Wildman–Crippen MR) is 103 cm³/mol. The number of aromatic nitrogens is 2. The van der Waals surface area contributed by atoms with Gasteiger partial charge in [-0.05, 0) is 12.5 Å². The Labute approximate surface area is 152 Å². The highest BCUT2D eigenvalue weighted by molar-refractivity contribution is 5.72. The fourth-order valence-electron chi connectivity index (χ4n) is 2.81. The molecule has 7 heteroatoms. The lowest BCUT2D eigenvalue weighted by molar-refractivity contribution is 0.292. The number of hydrogen-bond donors (Lipinski definition) is 0. The Kier molecular flexibility index (Phi) is 5.78. The molecule has 3 heterocycles. The van der Waals surface area contributed by atoms with Gasteiger partial charge in [0, 0.05) is 44.2 Å². The van der Waals surface area contributed by atoms with Gasteiger partial charge in [0.1, 0.15) is 6.61 Å². The van der Waals surface area contributed by atoms with Crippen molar-refractivity contribution in [3.8, 4) is 5.88 Å². The number of allylic oxidation sites excluding steroid dienone is 1. The van der Waals surface area contributed by atoms with Crippen LogP contribution in [-0.4, -0.2) is 53.5 Å². The van der Waals surface area contributed by atoms with Crippen molar-refractivity contribution in [2.75, 3.05) is 20.2 Å². The van der Waals surface area contributed by atoms with Crippen LogP contribution in [0.2, 0.25) is 0 Å². The summed E-state index contributed by atoms with van der Waals surface area (Å²) >= 11 is 0. The van der Waals surface area contributed by atoms with Gasteiger partial charge in [-0.25, -0.2) is 0 Å². The Hall–Kier alpha value is -2.96. The Balaban J connectivity index is 1.62. The van der Waals surface area contributed by atoms with E-state index in [0.29, 0.717) is 0 Å². The van der Waals surface area contributed by atoms with E-state index in [1.807, 2.05) is 42.6 Å². The van der Waals surface area contributed by atoms with Crippen molar-refractivity contribution < 1.29 is 4.74 Å². The lowest BCUT2D eigenvalue weighted by Gasteiger charge is -2.24. The minimum atomic E-state index is -0.231. The predicted octanol–water partition coefficient (Wildman–Crippen LogP) is 1.85. The first-order chi connectivity index (χ1) is 12.7. The third kappa shape index (κ3) is 4.36. The molecule has 0 N–H and O–H groups in total. The highest BCUT2D eigenvalue weighted by Crippen LogP contribution is 2.16. The van der Waals surface area contributed by atoms with E-state index in [1.165, 1.54) is 6.07 Å². The van der Waals surface area contributed by atoms with Crippen LogP contribution in [0, 0.1) is 5.92 Å². The number of hydrazone groups is 1. The van der Waals surface area contributed by atoms with Crippen molar-refractivity contribution in [2.24, 2.45) is 16.0 Å². The van der Waals surface area contributed by atoms with Gasteiger partial charge >= 0.3 is 0 Å². The Bertz CT molecular complexity index is 808. The first kappa shape index (κ1) is 17.8. The van der Waals surface area contributed by atoms with Crippen LogP contribution in [0.15, 0.2) is 64.1 Å². The largest absolute Gasteiger partial charge is 0.470 e. The molecule has 0 amide bonds. The molecule has 136 valence electrons. The van der Waals surface area contributed by atoms with Crippen molar-refractivity contribution in [3.63, 3.8) is 0 Å². The van der Waals surface area contributed by atoms with Gasteiger partial charge in [-0.1, -0.05) is 24.3 Å². The normalized spacial score (nSPS) is 25.0. The maximum absolute atomic E-state index is 12.0. The van der Waals surface area contributed by atoms with Crippen LogP contribution < -0.4 is 10.2 Å². The molecule has 3 unspecified atom stereocenters. The molecule has 0 aromatic carbocycles. The lowest BCUT2D eigenvalue weighted by Crippen LogP contribution is -2.27. The third-order valence-electron chi connectivity index (χ3n) is 4.31. The highest BCUT2D eigenvalue weighted by Gasteiger charge is 2.16. The summed E-state index contributed by atoms with van der Waals surface area (Å²) in [6, 6.07) is 1.54. The zero-order chi connectivity index (χ0) is 18.4. The first-order valence-electron chi connectivity index (χ1n) is 8.64. The third-order valence-corrected chi connectivity index (χ3v) is 4.31. The van der Waals surface area contributed by atoms with E-state index in [0.717, 1.165) is 13.0 Å².